The van der Waals surface area contributed by atoms with Gasteiger partial charge >= 0.3 is 5.97 Å². The number of cyclic esters (lactones) is 1. The third kappa shape index (κ3) is 1.92. The van der Waals surface area contributed by atoms with Gasteiger partial charge in [-0.25, -0.2) is 0 Å². The highest BCUT2D eigenvalue weighted by molar-refractivity contribution is 5.87. The molecule has 0 radical (unpaired) electrons. The summed E-state index contributed by atoms with van der Waals surface area (Å²) in [5, 5.41) is 8.90. The minimum atomic E-state index is -0.513. The monoisotopic (exact) mass is 204 g/mol. The number of aryl methyl sites for hydroxylation is 1. The van der Waals surface area contributed by atoms with E-state index in [2.05, 4.69) is 0 Å². The van der Waals surface area contributed by atoms with Crippen LogP contribution in [0.5, 0.6) is 0 Å². The Morgan fingerprint density at radius 1 is 1.33 bits per heavy atom. The maximum atomic E-state index is 11.2. The molecule has 1 aromatic rings. The summed E-state index contributed by atoms with van der Waals surface area (Å²) < 4.78 is 5.05. The molecule has 1 aromatic carbocycles. The maximum absolute atomic E-state index is 11.2. The summed E-state index contributed by atoms with van der Waals surface area (Å²) in [5.41, 5.74) is 2.02. The van der Waals surface area contributed by atoms with E-state index in [9.17, 15) is 4.79 Å². The van der Waals surface area contributed by atoms with Gasteiger partial charge in [-0.3, -0.25) is 4.79 Å². The normalized spacial score (nSPS) is 20.0. The number of rotatable bonds is 2. The summed E-state index contributed by atoms with van der Waals surface area (Å²) in [6.07, 6.45) is 1.66. The van der Waals surface area contributed by atoms with Crippen molar-refractivity contribution in [2.75, 3.05) is 6.61 Å². The highest BCUT2D eigenvalue weighted by Gasteiger charge is 2.26. The largest absolute Gasteiger partial charge is 0.426 e. The van der Waals surface area contributed by atoms with E-state index in [0.29, 0.717) is 5.76 Å². The molecule has 1 aliphatic rings. The van der Waals surface area contributed by atoms with Crippen LogP contribution in [0.25, 0.3) is 5.76 Å². The van der Waals surface area contributed by atoms with Gasteiger partial charge in [0, 0.05) is 5.56 Å². The molecule has 1 atom stereocenters. The van der Waals surface area contributed by atoms with Crippen LogP contribution >= 0.6 is 0 Å². The summed E-state index contributed by atoms with van der Waals surface area (Å²) in [4.78, 5) is 11.2. The summed E-state index contributed by atoms with van der Waals surface area (Å²) in [5.74, 6) is -0.353. The number of esters is 1. The summed E-state index contributed by atoms with van der Waals surface area (Å²) in [6.45, 7) is 1.80. The minimum absolute atomic E-state index is 0.200. The van der Waals surface area contributed by atoms with E-state index in [1.807, 2.05) is 31.2 Å². The molecule has 1 unspecified atom stereocenters. The second kappa shape index (κ2) is 3.87. The van der Waals surface area contributed by atoms with E-state index >= 15 is 0 Å². The van der Waals surface area contributed by atoms with Crippen molar-refractivity contribution in [1.82, 2.24) is 0 Å². The van der Waals surface area contributed by atoms with Gasteiger partial charge in [0.1, 0.15) is 11.7 Å². The number of carbonyl (C=O) groups is 1. The topological polar surface area (TPSA) is 46.5 Å². The molecule has 0 fully saturated rings. The summed E-state index contributed by atoms with van der Waals surface area (Å²) >= 11 is 0. The Balaban J connectivity index is 2.26. The van der Waals surface area contributed by atoms with Crippen molar-refractivity contribution < 1.29 is 14.6 Å². The number of hydrogen-bond donors (Lipinski definition) is 1. The van der Waals surface area contributed by atoms with Gasteiger partial charge in [0.25, 0.3) is 0 Å². The first-order chi connectivity index (χ1) is 7.20. The number of aliphatic hydroxyl groups excluding tert-OH is 1. The second-order valence-corrected chi connectivity index (χ2v) is 3.61. The zero-order valence-electron chi connectivity index (χ0n) is 8.43. The van der Waals surface area contributed by atoms with Gasteiger partial charge in [-0.15, -0.1) is 0 Å². The zero-order chi connectivity index (χ0) is 10.8. The fraction of sp³-hybridized carbons (Fsp3) is 0.250. The van der Waals surface area contributed by atoms with Crippen molar-refractivity contribution in [2.45, 2.75) is 6.92 Å². The Labute approximate surface area is 88.0 Å². The Kier molecular flexibility index (Phi) is 2.56. The van der Waals surface area contributed by atoms with Crippen LogP contribution in [-0.4, -0.2) is 17.7 Å². The van der Waals surface area contributed by atoms with Crippen LogP contribution in [0.1, 0.15) is 11.1 Å². The first kappa shape index (κ1) is 9.93. The van der Waals surface area contributed by atoms with Crippen LogP contribution in [0.2, 0.25) is 0 Å². The number of aliphatic hydroxyl groups is 1. The second-order valence-electron chi connectivity index (χ2n) is 3.61. The number of carbonyl (C=O) groups excluding carboxylic acids is 1. The molecule has 1 heterocycles. The fourth-order valence-corrected chi connectivity index (χ4v) is 1.47. The molecule has 0 aliphatic carbocycles. The van der Waals surface area contributed by atoms with Gasteiger partial charge in [0.15, 0.2) is 0 Å². The molecule has 15 heavy (non-hydrogen) atoms. The Morgan fingerprint density at radius 3 is 2.53 bits per heavy atom. The van der Waals surface area contributed by atoms with Crippen molar-refractivity contribution in [3.05, 3.63) is 41.5 Å². The van der Waals surface area contributed by atoms with Gasteiger partial charge in [-0.1, -0.05) is 29.8 Å². The van der Waals surface area contributed by atoms with Crippen LogP contribution in [-0.2, 0) is 9.53 Å². The van der Waals surface area contributed by atoms with Crippen LogP contribution < -0.4 is 0 Å². The van der Waals surface area contributed by atoms with Gasteiger partial charge in [-0.2, -0.15) is 0 Å². The maximum Gasteiger partial charge on any atom is 0.320 e. The van der Waals surface area contributed by atoms with Crippen LogP contribution in [0.15, 0.2) is 30.3 Å². The van der Waals surface area contributed by atoms with Crippen LogP contribution in [0.3, 0.4) is 0 Å². The standard InChI is InChI=1S/C12H12O3/c1-8-2-4-9(5-3-8)11-6-10(7-13)12(14)15-11/h2-6,10,13H,7H2,1H3. The molecule has 1 aliphatic heterocycles. The smallest absolute Gasteiger partial charge is 0.320 e. The lowest BCUT2D eigenvalue weighted by Gasteiger charge is -2.02. The number of benzene rings is 1. The lowest BCUT2D eigenvalue weighted by molar-refractivity contribution is -0.138. The van der Waals surface area contributed by atoms with E-state index in [0.717, 1.165) is 11.1 Å². The van der Waals surface area contributed by atoms with Crippen molar-refractivity contribution in [1.29, 1.82) is 0 Å². The van der Waals surface area contributed by atoms with E-state index in [1.165, 1.54) is 0 Å². The van der Waals surface area contributed by atoms with Crippen molar-refractivity contribution in [2.24, 2.45) is 5.92 Å². The molecule has 1 N–H and O–H groups in total. The summed E-state index contributed by atoms with van der Waals surface area (Å²) in [6, 6.07) is 7.70. The van der Waals surface area contributed by atoms with E-state index in [-0.39, 0.29) is 12.6 Å². The van der Waals surface area contributed by atoms with Gasteiger partial charge in [0.2, 0.25) is 0 Å². The molecule has 3 nitrogen and oxygen atoms in total. The predicted octanol–water partition coefficient (Wildman–Crippen LogP) is 1.50. The first-order valence-electron chi connectivity index (χ1n) is 4.82. The van der Waals surface area contributed by atoms with Gasteiger partial charge < -0.3 is 9.84 Å². The van der Waals surface area contributed by atoms with Crippen molar-refractivity contribution in [3.63, 3.8) is 0 Å². The fourth-order valence-electron chi connectivity index (χ4n) is 1.47. The lowest BCUT2D eigenvalue weighted by Crippen LogP contribution is -2.11. The third-order valence-electron chi connectivity index (χ3n) is 2.40. The highest BCUT2D eigenvalue weighted by Crippen LogP contribution is 2.26. The van der Waals surface area contributed by atoms with Gasteiger partial charge in [-0.05, 0) is 13.0 Å². The van der Waals surface area contributed by atoms with Crippen LogP contribution in [0, 0.1) is 12.8 Å². The molecule has 0 saturated carbocycles. The number of ether oxygens (including phenoxy) is 1. The molecule has 3 heteroatoms. The average Bonchev–Trinajstić information content (AvgIpc) is 2.61. The van der Waals surface area contributed by atoms with E-state index < -0.39 is 5.92 Å². The SMILES string of the molecule is Cc1ccc(C2=CC(CO)C(=O)O2)cc1. The highest BCUT2D eigenvalue weighted by atomic mass is 16.5. The van der Waals surface area contributed by atoms with Gasteiger partial charge in [0.05, 0.1) is 6.61 Å². The molecule has 0 bridgehead atoms. The van der Waals surface area contributed by atoms with Crippen molar-refractivity contribution in [3.8, 4) is 0 Å². The quantitative estimate of drug-likeness (QED) is 0.742. The minimum Gasteiger partial charge on any atom is -0.426 e. The molecule has 0 amide bonds. The molecule has 2 rings (SSSR count). The van der Waals surface area contributed by atoms with Crippen LogP contribution in [0.4, 0.5) is 0 Å². The van der Waals surface area contributed by atoms with E-state index in [1.54, 1.807) is 6.08 Å². The van der Waals surface area contributed by atoms with Crippen molar-refractivity contribution >= 4 is 11.7 Å². The predicted molar refractivity (Wildman–Crippen MR) is 55.8 cm³/mol. The Morgan fingerprint density at radius 2 is 2.00 bits per heavy atom. The Hall–Kier alpha value is -1.61. The molecular weight excluding hydrogens is 192 g/mol. The molecule has 78 valence electrons. The summed E-state index contributed by atoms with van der Waals surface area (Å²) in [7, 11) is 0. The third-order valence-corrected chi connectivity index (χ3v) is 2.40. The lowest BCUT2D eigenvalue weighted by atomic mass is 10.1. The average molecular weight is 204 g/mol. The molecule has 0 saturated heterocycles. The molecule has 0 spiro atoms. The Bertz CT molecular complexity index is 403. The number of hydrogen-bond acceptors (Lipinski definition) is 3. The molecule has 0 aromatic heterocycles. The first-order valence-corrected chi connectivity index (χ1v) is 4.82. The zero-order valence-corrected chi connectivity index (χ0v) is 8.43. The van der Waals surface area contributed by atoms with E-state index in [4.69, 9.17) is 9.84 Å². The molecular formula is C12H12O3.